The maximum Gasteiger partial charge on any atom is 0.311 e. The summed E-state index contributed by atoms with van der Waals surface area (Å²) in [6.45, 7) is 8.27. The number of ether oxygens (including phenoxy) is 1. The molecular formula is C16H24O2. The molecule has 0 saturated heterocycles. The molecule has 0 heterocycles. The molecule has 0 atom stereocenters. The van der Waals surface area contributed by atoms with E-state index in [1.807, 2.05) is 26.8 Å². The van der Waals surface area contributed by atoms with Gasteiger partial charge in [-0.25, -0.2) is 0 Å². The van der Waals surface area contributed by atoms with Gasteiger partial charge in [0.1, 0.15) is 0 Å². The van der Waals surface area contributed by atoms with Gasteiger partial charge < -0.3 is 4.74 Å². The van der Waals surface area contributed by atoms with Crippen LogP contribution in [0.15, 0.2) is 24.3 Å². The standard InChI is InChI=1S/C16H24O2/c1-5-8-13-9-6-7-10-14(13)11-12-18-15(17)16(2,3)4/h6-7,9-10H,5,8,11-12H2,1-4H3. The number of carbonyl (C=O) groups is 1. The minimum Gasteiger partial charge on any atom is -0.465 e. The van der Waals surface area contributed by atoms with E-state index < -0.39 is 5.41 Å². The predicted octanol–water partition coefficient (Wildman–Crippen LogP) is 3.77. The lowest BCUT2D eigenvalue weighted by Gasteiger charge is -2.17. The summed E-state index contributed by atoms with van der Waals surface area (Å²) in [6.07, 6.45) is 3.03. The van der Waals surface area contributed by atoms with Crippen LogP contribution in [0.1, 0.15) is 45.2 Å². The molecule has 0 N–H and O–H groups in total. The number of rotatable bonds is 5. The Kier molecular flexibility index (Phi) is 5.39. The van der Waals surface area contributed by atoms with E-state index in [1.54, 1.807) is 0 Å². The van der Waals surface area contributed by atoms with Crippen LogP contribution in [-0.4, -0.2) is 12.6 Å². The van der Waals surface area contributed by atoms with Crippen LogP contribution in [0, 0.1) is 5.41 Å². The minimum atomic E-state index is -0.414. The van der Waals surface area contributed by atoms with Gasteiger partial charge in [0.05, 0.1) is 12.0 Å². The zero-order valence-corrected chi connectivity index (χ0v) is 12.0. The molecule has 0 fully saturated rings. The first kappa shape index (κ1) is 14.7. The molecule has 1 aromatic carbocycles. The van der Waals surface area contributed by atoms with Gasteiger partial charge in [-0.05, 0) is 38.3 Å². The molecule has 0 aromatic heterocycles. The minimum absolute atomic E-state index is 0.129. The normalized spacial score (nSPS) is 11.3. The summed E-state index contributed by atoms with van der Waals surface area (Å²) in [5.41, 5.74) is 2.25. The lowest BCUT2D eigenvalue weighted by molar-refractivity contribution is -0.152. The van der Waals surface area contributed by atoms with E-state index in [-0.39, 0.29) is 5.97 Å². The average molecular weight is 248 g/mol. The third kappa shape index (κ3) is 4.52. The van der Waals surface area contributed by atoms with Crippen LogP contribution < -0.4 is 0 Å². The van der Waals surface area contributed by atoms with Crippen LogP contribution in [0.5, 0.6) is 0 Å². The second kappa shape index (κ2) is 6.58. The van der Waals surface area contributed by atoms with Gasteiger partial charge in [0.15, 0.2) is 0 Å². The van der Waals surface area contributed by atoms with E-state index in [0.717, 1.165) is 19.3 Å². The molecule has 2 heteroatoms. The number of hydrogen-bond donors (Lipinski definition) is 0. The first-order valence-electron chi connectivity index (χ1n) is 6.69. The van der Waals surface area contributed by atoms with E-state index in [4.69, 9.17) is 4.74 Å². The smallest absolute Gasteiger partial charge is 0.311 e. The van der Waals surface area contributed by atoms with Crippen molar-refractivity contribution >= 4 is 5.97 Å². The maximum atomic E-state index is 11.6. The van der Waals surface area contributed by atoms with Crippen molar-refractivity contribution < 1.29 is 9.53 Å². The van der Waals surface area contributed by atoms with Crippen LogP contribution in [0.2, 0.25) is 0 Å². The Balaban J connectivity index is 2.51. The molecule has 0 bridgehead atoms. The van der Waals surface area contributed by atoms with E-state index in [0.29, 0.717) is 6.61 Å². The summed E-state index contributed by atoms with van der Waals surface area (Å²) in [5.74, 6) is -0.129. The van der Waals surface area contributed by atoms with Gasteiger partial charge in [0.2, 0.25) is 0 Å². The van der Waals surface area contributed by atoms with Gasteiger partial charge >= 0.3 is 5.97 Å². The maximum absolute atomic E-state index is 11.6. The first-order valence-corrected chi connectivity index (χ1v) is 6.69. The number of esters is 1. The van der Waals surface area contributed by atoms with Crippen molar-refractivity contribution in [3.8, 4) is 0 Å². The summed E-state index contributed by atoms with van der Waals surface area (Å²) >= 11 is 0. The summed E-state index contributed by atoms with van der Waals surface area (Å²) in [5, 5.41) is 0. The highest BCUT2D eigenvalue weighted by molar-refractivity contribution is 5.75. The molecule has 0 spiro atoms. The molecule has 0 aliphatic rings. The quantitative estimate of drug-likeness (QED) is 0.741. The molecule has 0 radical (unpaired) electrons. The van der Waals surface area contributed by atoms with Crippen LogP contribution in [0.25, 0.3) is 0 Å². The first-order chi connectivity index (χ1) is 8.45. The van der Waals surface area contributed by atoms with Crippen LogP contribution in [0.3, 0.4) is 0 Å². The van der Waals surface area contributed by atoms with E-state index in [1.165, 1.54) is 11.1 Å². The van der Waals surface area contributed by atoms with E-state index in [2.05, 4.69) is 25.1 Å². The summed E-state index contributed by atoms with van der Waals surface area (Å²) in [6, 6.07) is 8.38. The Hall–Kier alpha value is -1.31. The number of aryl methyl sites for hydroxylation is 1. The molecule has 0 saturated carbocycles. The molecule has 0 amide bonds. The Morgan fingerprint density at radius 1 is 1.11 bits per heavy atom. The number of benzene rings is 1. The van der Waals surface area contributed by atoms with Crippen molar-refractivity contribution in [1.29, 1.82) is 0 Å². The lowest BCUT2D eigenvalue weighted by Crippen LogP contribution is -2.23. The topological polar surface area (TPSA) is 26.3 Å². The molecule has 100 valence electrons. The predicted molar refractivity (Wildman–Crippen MR) is 74.6 cm³/mol. The molecule has 0 unspecified atom stereocenters. The van der Waals surface area contributed by atoms with Crippen LogP contribution >= 0.6 is 0 Å². The summed E-state index contributed by atoms with van der Waals surface area (Å²) in [4.78, 5) is 11.6. The molecule has 2 nitrogen and oxygen atoms in total. The second-order valence-electron chi connectivity index (χ2n) is 5.65. The Labute approximate surface area is 110 Å². The Morgan fingerprint density at radius 2 is 1.67 bits per heavy atom. The molecule has 1 aromatic rings. The lowest BCUT2D eigenvalue weighted by atomic mass is 9.97. The number of carbonyl (C=O) groups excluding carboxylic acids is 1. The summed E-state index contributed by atoms with van der Waals surface area (Å²) in [7, 11) is 0. The summed E-state index contributed by atoms with van der Waals surface area (Å²) < 4.78 is 5.30. The largest absolute Gasteiger partial charge is 0.465 e. The van der Waals surface area contributed by atoms with Gasteiger partial charge in [-0.15, -0.1) is 0 Å². The van der Waals surface area contributed by atoms with Crippen LogP contribution in [-0.2, 0) is 22.4 Å². The van der Waals surface area contributed by atoms with Gasteiger partial charge in [0.25, 0.3) is 0 Å². The third-order valence-corrected chi connectivity index (χ3v) is 2.85. The fourth-order valence-corrected chi connectivity index (χ4v) is 1.78. The zero-order valence-electron chi connectivity index (χ0n) is 12.0. The SMILES string of the molecule is CCCc1ccccc1CCOC(=O)C(C)(C)C. The number of hydrogen-bond acceptors (Lipinski definition) is 2. The average Bonchev–Trinajstić information content (AvgIpc) is 2.30. The zero-order chi connectivity index (χ0) is 13.6. The van der Waals surface area contributed by atoms with Gasteiger partial charge in [0, 0.05) is 6.42 Å². The second-order valence-corrected chi connectivity index (χ2v) is 5.65. The highest BCUT2D eigenvalue weighted by Gasteiger charge is 2.22. The highest BCUT2D eigenvalue weighted by atomic mass is 16.5. The third-order valence-electron chi connectivity index (χ3n) is 2.85. The molecule has 0 aliphatic carbocycles. The van der Waals surface area contributed by atoms with Crippen molar-refractivity contribution in [2.24, 2.45) is 5.41 Å². The van der Waals surface area contributed by atoms with Crippen molar-refractivity contribution in [3.05, 3.63) is 35.4 Å². The highest BCUT2D eigenvalue weighted by Crippen LogP contribution is 2.16. The van der Waals surface area contributed by atoms with Crippen molar-refractivity contribution in [3.63, 3.8) is 0 Å². The van der Waals surface area contributed by atoms with Gasteiger partial charge in [-0.1, -0.05) is 37.6 Å². The molecular weight excluding hydrogens is 224 g/mol. The Bertz CT molecular complexity index is 388. The van der Waals surface area contributed by atoms with Crippen molar-refractivity contribution in [1.82, 2.24) is 0 Å². The fourth-order valence-electron chi connectivity index (χ4n) is 1.78. The van der Waals surface area contributed by atoms with E-state index >= 15 is 0 Å². The monoisotopic (exact) mass is 248 g/mol. The van der Waals surface area contributed by atoms with E-state index in [9.17, 15) is 4.79 Å². The fraction of sp³-hybridized carbons (Fsp3) is 0.562. The van der Waals surface area contributed by atoms with Gasteiger partial charge in [-0.2, -0.15) is 0 Å². The molecule has 18 heavy (non-hydrogen) atoms. The van der Waals surface area contributed by atoms with Crippen molar-refractivity contribution in [2.75, 3.05) is 6.61 Å². The Morgan fingerprint density at radius 3 is 2.17 bits per heavy atom. The van der Waals surface area contributed by atoms with Crippen molar-refractivity contribution in [2.45, 2.75) is 47.0 Å². The molecule has 0 aliphatic heterocycles. The van der Waals surface area contributed by atoms with Gasteiger partial charge in [-0.3, -0.25) is 4.79 Å². The molecule has 1 rings (SSSR count). The van der Waals surface area contributed by atoms with Crippen LogP contribution in [0.4, 0.5) is 0 Å².